The van der Waals surface area contributed by atoms with E-state index >= 15 is 0 Å². The van der Waals surface area contributed by atoms with Crippen LogP contribution in [0.25, 0.3) is 0 Å². The van der Waals surface area contributed by atoms with Crippen LogP contribution < -0.4 is 5.32 Å². The Morgan fingerprint density at radius 2 is 1.54 bits per heavy atom. The summed E-state index contributed by atoms with van der Waals surface area (Å²) in [7, 11) is 4.13. The highest BCUT2D eigenvalue weighted by molar-refractivity contribution is 5.29. The largest absolute Gasteiger partial charge is 0.302 e. The van der Waals surface area contributed by atoms with Crippen molar-refractivity contribution >= 4 is 0 Å². The van der Waals surface area contributed by atoms with Crippen molar-refractivity contribution in [1.29, 1.82) is 5.26 Å². The number of rotatable bonds is 6. The first-order valence-electron chi connectivity index (χ1n) is 9.50. The second-order valence-electron chi connectivity index (χ2n) is 7.75. The molecular formula is C23H29N3. The third-order valence-electron chi connectivity index (χ3n) is 6.01. The molecule has 0 unspecified atom stereocenters. The molecule has 1 fully saturated rings. The standard InChI is InChI=1S/C23H29N3/c1-25-23(18-24)15-13-22(14-16-23,21-11-7-4-8-12-21)19-26(2)17-20-9-5-3-6-10-20/h3-12,25H,13-17,19H2,1-2H3. The van der Waals surface area contributed by atoms with Gasteiger partial charge in [0.05, 0.1) is 6.07 Å². The van der Waals surface area contributed by atoms with E-state index in [9.17, 15) is 5.26 Å². The average molecular weight is 348 g/mol. The first-order chi connectivity index (χ1) is 12.6. The van der Waals surface area contributed by atoms with Gasteiger partial charge in [0.2, 0.25) is 0 Å². The third-order valence-corrected chi connectivity index (χ3v) is 6.01. The van der Waals surface area contributed by atoms with Crippen molar-refractivity contribution in [3.8, 4) is 6.07 Å². The van der Waals surface area contributed by atoms with E-state index in [1.807, 2.05) is 7.05 Å². The third kappa shape index (κ3) is 3.98. The zero-order valence-electron chi connectivity index (χ0n) is 15.9. The Balaban J connectivity index is 1.80. The Labute approximate surface area is 157 Å². The van der Waals surface area contributed by atoms with Crippen LogP contribution in [0.15, 0.2) is 60.7 Å². The summed E-state index contributed by atoms with van der Waals surface area (Å²) >= 11 is 0. The van der Waals surface area contributed by atoms with Gasteiger partial charge in [0.25, 0.3) is 0 Å². The van der Waals surface area contributed by atoms with Gasteiger partial charge in [0.15, 0.2) is 0 Å². The lowest BCUT2D eigenvalue weighted by Gasteiger charge is -2.45. The molecule has 0 spiro atoms. The van der Waals surface area contributed by atoms with Crippen LogP contribution in [-0.4, -0.2) is 31.1 Å². The number of hydrogen-bond acceptors (Lipinski definition) is 3. The van der Waals surface area contributed by atoms with Gasteiger partial charge >= 0.3 is 0 Å². The summed E-state index contributed by atoms with van der Waals surface area (Å²) in [5.74, 6) is 0. The van der Waals surface area contributed by atoms with E-state index in [0.29, 0.717) is 0 Å². The number of benzene rings is 2. The molecule has 3 rings (SSSR count). The minimum atomic E-state index is -0.365. The molecule has 1 aliphatic carbocycles. The highest BCUT2D eigenvalue weighted by Crippen LogP contribution is 2.43. The van der Waals surface area contributed by atoms with Crippen molar-refractivity contribution in [3.05, 3.63) is 71.8 Å². The minimum Gasteiger partial charge on any atom is -0.302 e. The Morgan fingerprint density at radius 1 is 0.962 bits per heavy atom. The molecule has 1 N–H and O–H groups in total. The molecule has 2 aromatic carbocycles. The molecule has 0 aliphatic heterocycles. The van der Waals surface area contributed by atoms with Crippen molar-refractivity contribution in [2.24, 2.45) is 0 Å². The molecule has 0 radical (unpaired) electrons. The zero-order valence-corrected chi connectivity index (χ0v) is 15.9. The topological polar surface area (TPSA) is 39.1 Å². The molecular weight excluding hydrogens is 318 g/mol. The highest BCUT2D eigenvalue weighted by atomic mass is 15.1. The predicted molar refractivity (Wildman–Crippen MR) is 107 cm³/mol. The molecule has 0 aromatic heterocycles. The van der Waals surface area contributed by atoms with Gasteiger partial charge in [-0.15, -0.1) is 0 Å². The number of hydrogen-bond donors (Lipinski definition) is 1. The Morgan fingerprint density at radius 3 is 2.08 bits per heavy atom. The van der Waals surface area contributed by atoms with Crippen molar-refractivity contribution in [2.75, 3.05) is 20.6 Å². The summed E-state index contributed by atoms with van der Waals surface area (Å²) < 4.78 is 0. The van der Waals surface area contributed by atoms with Crippen molar-refractivity contribution in [2.45, 2.75) is 43.2 Å². The number of nitrogens with one attached hydrogen (secondary N) is 1. The maximum Gasteiger partial charge on any atom is 0.106 e. The summed E-state index contributed by atoms with van der Waals surface area (Å²) in [6.45, 7) is 1.96. The second kappa shape index (κ2) is 8.03. The van der Waals surface area contributed by atoms with Crippen LogP contribution in [0.1, 0.15) is 36.8 Å². The number of likely N-dealkylation sites (N-methyl/N-ethyl adjacent to an activating group) is 1. The van der Waals surface area contributed by atoms with E-state index < -0.39 is 0 Å². The fourth-order valence-corrected chi connectivity index (χ4v) is 4.37. The first kappa shape index (κ1) is 18.6. The molecule has 136 valence electrons. The lowest BCUT2D eigenvalue weighted by molar-refractivity contribution is 0.153. The Kier molecular flexibility index (Phi) is 5.76. The molecule has 3 nitrogen and oxygen atoms in total. The smallest absolute Gasteiger partial charge is 0.106 e. The molecule has 26 heavy (non-hydrogen) atoms. The number of nitriles is 1. The van der Waals surface area contributed by atoms with Crippen LogP contribution in [0.2, 0.25) is 0 Å². The molecule has 0 heterocycles. The molecule has 2 aromatic rings. The van der Waals surface area contributed by atoms with E-state index in [-0.39, 0.29) is 11.0 Å². The van der Waals surface area contributed by atoms with Crippen LogP contribution in [-0.2, 0) is 12.0 Å². The molecule has 3 heteroatoms. The Bertz CT molecular complexity index is 725. The van der Waals surface area contributed by atoms with Crippen LogP contribution in [0, 0.1) is 11.3 Å². The summed E-state index contributed by atoms with van der Waals surface area (Å²) in [5, 5.41) is 12.9. The minimum absolute atomic E-state index is 0.113. The van der Waals surface area contributed by atoms with Gasteiger partial charge in [0.1, 0.15) is 5.54 Å². The van der Waals surface area contributed by atoms with Gasteiger partial charge in [-0.05, 0) is 50.9 Å². The molecule has 0 atom stereocenters. The first-order valence-corrected chi connectivity index (χ1v) is 9.50. The fourth-order valence-electron chi connectivity index (χ4n) is 4.37. The van der Waals surface area contributed by atoms with E-state index in [1.165, 1.54) is 11.1 Å². The molecule has 1 aliphatic rings. The summed E-state index contributed by atoms with van der Waals surface area (Å²) in [6, 6.07) is 24.0. The average Bonchev–Trinajstić information content (AvgIpc) is 2.70. The molecule has 0 saturated heterocycles. The summed E-state index contributed by atoms with van der Waals surface area (Å²) in [6.07, 6.45) is 3.86. The highest BCUT2D eigenvalue weighted by Gasteiger charge is 2.43. The van der Waals surface area contributed by atoms with Crippen molar-refractivity contribution in [3.63, 3.8) is 0 Å². The van der Waals surface area contributed by atoms with Crippen LogP contribution in [0.5, 0.6) is 0 Å². The van der Waals surface area contributed by atoms with Gasteiger partial charge in [-0.1, -0.05) is 60.7 Å². The normalized spacial score (nSPS) is 25.8. The zero-order chi connectivity index (χ0) is 18.5. The van der Waals surface area contributed by atoms with Gasteiger partial charge in [0, 0.05) is 18.5 Å². The lowest BCUT2D eigenvalue weighted by atomic mass is 9.64. The quantitative estimate of drug-likeness (QED) is 0.854. The van der Waals surface area contributed by atoms with Gasteiger partial charge in [-0.3, -0.25) is 0 Å². The maximum absolute atomic E-state index is 9.64. The molecule has 0 amide bonds. The monoisotopic (exact) mass is 347 g/mol. The van der Waals surface area contributed by atoms with E-state index in [0.717, 1.165) is 38.8 Å². The van der Waals surface area contributed by atoms with Gasteiger partial charge < -0.3 is 10.2 Å². The van der Waals surface area contributed by atoms with Crippen molar-refractivity contribution < 1.29 is 0 Å². The van der Waals surface area contributed by atoms with E-state index in [4.69, 9.17) is 0 Å². The van der Waals surface area contributed by atoms with Gasteiger partial charge in [-0.2, -0.15) is 5.26 Å². The van der Waals surface area contributed by atoms with Gasteiger partial charge in [-0.25, -0.2) is 0 Å². The maximum atomic E-state index is 9.64. The van der Waals surface area contributed by atoms with Crippen LogP contribution >= 0.6 is 0 Å². The molecule has 1 saturated carbocycles. The summed E-state index contributed by atoms with van der Waals surface area (Å²) in [5.41, 5.74) is 2.50. The SMILES string of the molecule is CNC1(C#N)CCC(CN(C)Cc2ccccc2)(c2ccccc2)CC1. The second-order valence-corrected chi connectivity index (χ2v) is 7.75. The summed E-state index contributed by atoms with van der Waals surface area (Å²) in [4.78, 5) is 2.43. The van der Waals surface area contributed by atoms with Crippen molar-refractivity contribution in [1.82, 2.24) is 10.2 Å². The fraction of sp³-hybridized carbons (Fsp3) is 0.435. The van der Waals surface area contributed by atoms with Crippen LogP contribution in [0.3, 0.4) is 0 Å². The van der Waals surface area contributed by atoms with Crippen LogP contribution in [0.4, 0.5) is 0 Å². The Hall–Kier alpha value is -2.15. The lowest BCUT2D eigenvalue weighted by Crippen LogP contribution is -2.51. The van der Waals surface area contributed by atoms with E-state index in [2.05, 4.69) is 84.0 Å². The van der Waals surface area contributed by atoms with E-state index in [1.54, 1.807) is 0 Å². The predicted octanol–water partition coefficient (Wildman–Crippen LogP) is 4.11. The molecule has 0 bridgehead atoms. The number of nitrogens with zero attached hydrogens (tertiary/aromatic N) is 2.